The molecule has 3 aromatic carbocycles. The number of thiol groups is 1. The lowest BCUT2D eigenvalue weighted by molar-refractivity contribution is -0.146. The average molecular weight is 1880 g/mol. The van der Waals surface area contributed by atoms with Gasteiger partial charge in [0.25, 0.3) is 0 Å². The van der Waals surface area contributed by atoms with E-state index in [1.54, 1.807) is 100 Å². The molecule has 728 valence electrons. The number of aliphatic hydroxyl groups is 1. The number of guanidine groups is 1. The van der Waals surface area contributed by atoms with E-state index in [2.05, 4.69) is 97.4 Å². The summed E-state index contributed by atoms with van der Waals surface area (Å²) in [4.78, 5) is 277. The first-order chi connectivity index (χ1) is 63.0. The maximum absolute atomic E-state index is 14.6. The van der Waals surface area contributed by atoms with E-state index in [-0.39, 0.29) is 83.4 Å². The first kappa shape index (κ1) is 110. The minimum absolute atomic E-state index is 0.0225. The average Bonchev–Trinajstić information content (AvgIpc) is 1.82. The Bertz CT molecular complexity index is 4760. The zero-order valence-corrected chi connectivity index (χ0v) is 75.0. The molecule has 1 aliphatic heterocycles. The molecule has 0 bridgehead atoms. The summed E-state index contributed by atoms with van der Waals surface area (Å²) in [5.74, 6) is -25.9. The molecule has 48 heteroatoms. The summed E-state index contributed by atoms with van der Waals surface area (Å²) in [5.41, 5.74) is 24.7. The number of hydrogen-bond donors (Lipinski definition) is 27. The van der Waals surface area contributed by atoms with Crippen LogP contribution in [-0.4, -0.2) is 289 Å². The van der Waals surface area contributed by atoms with Crippen molar-refractivity contribution in [2.75, 3.05) is 38.5 Å². The van der Waals surface area contributed by atoms with Crippen LogP contribution < -0.4 is 103 Å². The number of benzene rings is 3. The minimum atomic E-state index is -2.13. The van der Waals surface area contributed by atoms with Gasteiger partial charge in [-0.2, -0.15) is 12.6 Å². The number of H-pyrrole nitrogens is 1. The predicted octanol–water partition coefficient (Wildman–Crippen LogP) is -6.26. The number of hydrogen-bond acceptors (Lipinski definition) is 25. The van der Waals surface area contributed by atoms with Gasteiger partial charge in [-0.15, -0.1) is 0 Å². The Kier molecular flexibility index (Phi) is 45.6. The van der Waals surface area contributed by atoms with Gasteiger partial charge in [-0.3, -0.25) is 96.5 Å². The lowest BCUT2D eigenvalue weighted by atomic mass is 9.96. The smallest absolute Gasteiger partial charge is 0.326 e. The minimum Gasteiger partial charge on any atom is -0.481 e. The molecular weight excluding hydrogens is 1760 g/mol. The molecule has 47 nitrogen and oxygen atoms in total. The molecule has 16 atom stereocenters. The van der Waals surface area contributed by atoms with Crippen molar-refractivity contribution in [2.24, 2.45) is 34.8 Å². The van der Waals surface area contributed by atoms with Crippen molar-refractivity contribution in [3.05, 3.63) is 108 Å². The highest BCUT2D eigenvalue weighted by Gasteiger charge is 2.43. The van der Waals surface area contributed by atoms with Gasteiger partial charge < -0.3 is 138 Å². The summed E-state index contributed by atoms with van der Waals surface area (Å²) in [6.07, 6.45) is -3.25. The predicted molar refractivity (Wildman–Crippen MR) is 479 cm³/mol. The number of nitrogens with one attached hydrogen (secondary N) is 17. The first-order valence-corrected chi connectivity index (χ1v) is 43.7. The van der Waals surface area contributed by atoms with Crippen LogP contribution in [0.3, 0.4) is 0 Å². The number of carboxylic acid groups (broad SMARTS) is 4. The third-order valence-electron chi connectivity index (χ3n) is 21.5. The van der Waals surface area contributed by atoms with Crippen molar-refractivity contribution in [3.8, 4) is 0 Å². The molecule has 0 unspecified atom stereocenters. The Morgan fingerprint density at radius 1 is 0.496 bits per heavy atom. The van der Waals surface area contributed by atoms with Crippen LogP contribution in [0.15, 0.2) is 91.1 Å². The van der Waals surface area contributed by atoms with E-state index in [0.29, 0.717) is 34.0 Å². The molecule has 1 fully saturated rings. The highest BCUT2D eigenvalue weighted by molar-refractivity contribution is 7.80. The molecule has 0 radical (unpaired) electrons. The van der Waals surface area contributed by atoms with Gasteiger partial charge in [-0.05, 0) is 106 Å². The molecule has 0 aliphatic carbocycles. The van der Waals surface area contributed by atoms with Gasteiger partial charge in [-0.25, -0.2) is 4.79 Å². The Morgan fingerprint density at radius 2 is 0.985 bits per heavy atom. The molecule has 1 aromatic heterocycles. The number of likely N-dealkylation sites (tertiary alicyclic amines) is 1. The van der Waals surface area contributed by atoms with Crippen molar-refractivity contribution in [1.29, 1.82) is 5.41 Å². The summed E-state index contributed by atoms with van der Waals surface area (Å²) in [7, 11) is 0. The van der Waals surface area contributed by atoms with Crippen LogP contribution in [0.2, 0.25) is 0 Å². The van der Waals surface area contributed by atoms with Crippen molar-refractivity contribution >= 4 is 148 Å². The number of unbranched alkanes of at least 4 members (excludes halogenated alkanes) is 1. The van der Waals surface area contributed by atoms with E-state index in [0.717, 1.165) is 4.90 Å². The molecular formula is C85H122N22O25S. The molecule has 0 spiro atoms. The third kappa shape index (κ3) is 36.8. The lowest BCUT2D eigenvalue weighted by Gasteiger charge is -2.31. The zero-order chi connectivity index (χ0) is 98.9. The number of carboxylic acids is 4. The molecule has 2 heterocycles. The van der Waals surface area contributed by atoms with Crippen LogP contribution in [0.4, 0.5) is 0 Å². The van der Waals surface area contributed by atoms with Gasteiger partial charge in [0, 0.05) is 55.2 Å². The molecule has 1 aliphatic rings. The standard InChI is InChI=1S/C85H122N22O25S/c1-6-44(4)69(82(129)97-54(84(131)132)26-17-31-91-85(89)90)106-81(128)68(43(2)3)105-70(117)45(5)94-80(127)62-27-18-32-107(62)83(130)59(38-67(115)116)102-73(120)52(25-15-16-30-86)95-64(110)40-93-72(119)53(28-29-65(111)112)96-74(121)55(34-47-21-11-8-12-22-47)98-79(126)61(42-133)104-76(123)57(36-63(88)109)100-77(124)58(37-66(113)114)101-75(122)56(35-48-39-92-51-24-14-13-23-49(48)51)99-78(125)60(41-108)103-71(118)50(87)33-46-19-9-7-10-20-46/h7-14,19-24,39,43-45,50,52-62,68-69,92,108,133H,6,15-18,25-38,40-42,86-87H2,1-5H3,(H2,88,109)(H,93,119)(H,94,127)(H,95,110)(H,96,121)(H,97,129)(H,98,126)(H,99,125)(H,100,124)(H,101,122)(H,102,120)(H,103,118)(H,104,123)(H,105,117)(H,106,128)(H,111,112)(H,113,114)(H,115,116)(H,131,132)(H4,89,90,91)/t44-,45-,50-,52-,53-,54-,55-,56-,57-,58-,59-,60-,61-,62-,68-,69-/m0/s1. The summed E-state index contributed by atoms with van der Waals surface area (Å²) < 4.78 is 0. The maximum Gasteiger partial charge on any atom is 0.326 e. The van der Waals surface area contributed by atoms with Gasteiger partial charge in [0.15, 0.2) is 5.96 Å². The van der Waals surface area contributed by atoms with Crippen LogP contribution in [-0.2, 0) is 115 Å². The van der Waals surface area contributed by atoms with E-state index < -0.39 is 278 Å². The Balaban J connectivity index is 1.28. The number of nitrogens with zero attached hydrogens (tertiary/aromatic N) is 1. The molecule has 133 heavy (non-hydrogen) atoms. The number of carbonyl (C=O) groups is 20. The van der Waals surface area contributed by atoms with Crippen molar-refractivity contribution < 1.29 is 121 Å². The monoisotopic (exact) mass is 1880 g/mol. The van der Waals surface area contributed by atoms with E-state index in [9.17, 15) is 121 Å². The molecule has 1 saturated heterocycles. The van der Waals surface area contributed by atoms with Gasteiger partial charge in [0.2, 0.25) is 94.5 Å². The first-order valence-electron chi connectivity index (χ1n) is 43.1. The number of amides is 16. The highest BCUT2D eigenvalue weighted by Crippen LogP contribution is 2.23. The number of aliphatic hydroxyl groups excluding tert-OH is 1. The summed E-state index contributed by atoms with van der Waals surface area (Å²) in [6, 6.07) is -1.42. The van der Waals surface area contributed by atoms with Crippen LogP contribution in [0.25, 0.3) is 10.9 Å². The number of para-hydroxylation sites is 1. The number of aliphatic carboxylic acids is 4. The summed E-state index contributed by atoms with van der Waals surface area (Å²) >= 11 is 4.22. The van der Waals surface area contributed by atoms with Gasteiger partial charge >= 0.3 is 23.9 Å². The maximum atomic E-state index is 14.6. The molecule has 30 N–H and O–H groups in total. The zero-order valence-electron chi connectivity index (χ0n) is 74.1. The number of nitrogens with two attached hydrogens (primary N) is 4. The quantitative estimate of drug-likeness (QED) is 0.00846. The summed E-state index contributed by atoms with van der Waals surface area (Å²) in [5, 5.41) is 94.0. The molecule has 4 aromatic rings. The van der Waals surface area contributed by atoms with Crippen LogP contribution in [0, 0.1) is 17.2 Å². The second kappa shape index (κ2) is 55.3. The van der Waals surface area contributed by atoms with E-state index in [1.807, 2.05) is 0 Å². The molecule has 5 rings (SSSR count). The SMILES string of the molecule is CC[C@H](C)[C@H](NC(=O)[C@@H](NC(=O)[C@H](C)NC(=O)[C@@H]1CCCN1C(=O)[C@H](CC(=O)O)NC(=O)[C@H](CCCCN)NC(=O)CNC(=O)[C@H](CCC(=O)O)NC(=O)[C@H](Cc1ccccc1)NC(=O)[C@H](CS)NC(=O)[C@H](CC(N)=O)NC(=O)[C@H](CC(=O)O)NC(=O)[C@H](Cc1c[nH]c2ccccc12)NC(=O)[C@H](CO)NC(=O)[C@@H](N)Cc1ccccc1)C(C)C)C(=O)N[C@@H](CCCNC(=N)N)C(=O)O. The largest absolute Gasteiger partial charge is 0.481 e. The highest BCUT2D eigenvalue weighted by atomic mass is 32.1. The van der Waals surface area contributed by atoms with Crippen molar-refractivity contribution in [1.82, 2.24) is 89.6 Å². The van der Waals surface area contributed by atoms with Gasteiger partial charge in [-0.1, -0.05) is 113 Å². The van der Waals surface area contributed by atoms with Crippen LogP contribution >= 0.6 is 12.6 Å². The normalized spacial score (nSPS) is 15.6. The van der Waals surface area contributed by atoms with E-state index in [4.69, 9.17) is 28.3 Å². The van der Waals surface area contributed by atoms with Crippen LogP contribution in [0.1, 0.15) is 135 Å². The number of aromatic nitrogens is 1. The van der Waals surface area contributed by atoms with Gasteiger partial charge in [0.1, 0.15) is 84.6 Å². The van der Waals surface area contributed by atoms with E-state index >= 15 is 0 Å². The lowest BCUT2D eigenvalue weighted by Crippen LogP contribution is -2.61. The number of rotatable bonds is 58. The van der Waals surface area contributed by atoms with Gasteiger partial charge in [0.05, 0.1) is 38.5 Å². The van der Waals surface area contributed by atoms with Crippen molar-refractivity contribution in [3.63, 3.8) is 0 Å². The Labute approximate surface area is 770 Å². The number of primary amides is 1. The van der Waals surface area contributed by atoms with Crippen LogP contribution in [0.5, 0.6) is 0 Å². The Morgan fingerprint density at radius 3 is 1.55 bits per heavy atom. The number of fused-ring (bicyclic) bond motifs is 1. The third-order valence-corrected chi connectivity index (χ3v) is 21.9. The number of aromatic amines is 1. The second-order valence-electron chi connectivity index (χ2n) is 32.2. The number of carbonyl (C=O) groups excluding carboxylic acids is 16. The topological polar surface area (TPSA) is 770 Å². The second-order valence-corrected chi connectivity index (χ2v) is 32.6. The fourth-order valence-electron chi connectivity index (χ4n) is 14.0. The molecule has 16 amide bonds. The molecule has 0 saturated carbocycles. The fourth-order valence-corrected chi connectivity index (χ4v) is 14.3. The van der Waals surface area contributed by atoms with Crippen molar-refractivity contribution in [2.45, 2.75) is 228 Å². The Hall–Kier alpha value is -13.9. The summed E-state index contributed by atoms with van der Waals surface area (Å²) in [6.45, 7) is 5.85. The fraction of sp³-hybridized carbons (Fsp3) is 0.518. The van der Waals surface area contributed by atoms with E-state index in [1.165, 1.54) is 25.3 Å².